The van der Waals surface area contributed by atoms with Crippen molar-refractivity contribution in [2.45, 2.75) is 17.3 Å². The Balaban J connectivity index is 2.21. The molecule has 0 aliphatic heterocycles. The summed E-state index contributed by atoms with van der Waals surface area (Å²) >= 11 is 1.38. The molecule has 1 atom stereocenters. The summed E-state index contributed by atoms with van der Waals surface area (Å²) in [5.41, 5.74) is 1.02. The number of rotatable bonds is 4. The molecule has 0 aliphatic rings. The van der Waals surface area contributed by atoms with E-state index in [9.17, 15) is 4.79 Å². The van der Waals surface area contributed by atoms with Crippen LogP contribution >= 0.6 is 11.8 Å². The molecule has 0 bridgehead atoms. The minimum absolute atomic E-state index is 0.248. The van der Waals surface area contributed by atoms with Crippen LogP contribution < -0.4 is 0 Å². The lowest BCUT2D eigenvalue weighted by molar-refractivity contribution is -0.139. The number of thioether (sulfide) groups is 1. The predicted molar refractivity (Wildman–Crippen MR) is 70.9 cm³/mol. The molecule has 0 amide bonds. The number of methoxy groups -OCH3 is 1. The van der Waals surface area contributed by atoms with Gasteiger partial charge in [-0.1, -0.05) is 30.0 Å². The van der Waals surface area contributed by atoms with Crippen LogP contribution in [0.25, 0.3) is 5.69 Å². The molecule has 4 nitrogen and oxygen atoms in total. The van der Waals surface area contributed by atoms with Crippen molar-refractivity contribution >= 4 is 17.7 Å². The van der Waals surface area contributed by atoms with Crippen molar-refractivity contribution in [3.05, 3.63) is 42.7 Å². The van der Waals surface area contributed by atoms with E-state index in [1.54, 1.807) is 13.1 Å². The van der Waals surface area contributed by atoms with Gasteiger partial charge in [0.25, 0.3) is 0 Å². The van der Waals surface area contributed by atoms with Gasteiger partial charge >= 0.3 is 5.97 Å². The first-order valence-corrected chi connectivity index (χ1v) is 6.43. The van der Waals surface area contributed by atoms with Crippen molar-refractivity contribution in [1.82, 2.24) is 9.55 Å². The molecule has 18 heavy (non-hydrogen) atoms. The van der Waals surface area contributed by atoms with Gasteiger partial charge in [-0.25, -0.2) is 4.98 Å². The number of hydrogen-bond acceptors (Lipinski definition) is 4. The summed E-state index contributed by atoms with van der Waals surface area (Å²) in [6.45, 7) is 1.81. The van der Waals surface area contributed by atoms with Gasteiger partial charge in [-0.05, 0) is 19.1 Å². The molecule has 0 saturated heterocycles. The van der Waals surface area contributed by atoms with Crippen LogP contribution in [0.3, 0.4) is 0 Å². The van der Waals surface area contributed by atoms with E-state index < -0.39 is 0 Å². The molecule has 94 valence electrons. The van der Waals surface area contributed by atoms with Crippen molar-refractivity contribution in [3.8, 4) is 5.69 Å². The standard InChI is InChI=1S/C13H14N2O2S/c1-10(12(16)17-2)18-13-14-8-9-15(13)11-6-4-3-5-7-11/h3-10H,1-2H3. The minimum atomic E-state index is -0.278. The lowest BCUT2D eigenvalue weighted by Crippen LogP contribution is -2.15. The van der Waals surface area contributed by atoms with Gasteiger partial charge in [-0.2, -0.15) is 0 Å². The maximum absolute atomic E-state index is 11.4. The Hall–Kier alpha value is -1.75. The Morgan fingerprint density at radius 2 is 2.11 bits per heavy atom. The molecule has 0 aliphatic carbocycles. The van der Waals surface area contributed by atoms with Crippen molar-refractivity contribution in [3.63, 3.8) is 0 Å². The van der Waals surface area contributed by atoms with Crippen LogP contribution in [0.1, 0.15) is 6.92 Å². The molecule has 1 heterocycles. The van der Waals surface area contributed by atoms with E-state index in [1.807, 2.05) is 41.1 Å². The Morgan fingerprint density at radius 1 is 1.39 bits per heavy atom. The first-order chi connectivity index (χ1) is 8.72. The SMILES string of the molecule is COC(=O)C(C)Sc1nccn1-c1ccccc1. The molecule has 0 saturated carbocycles. The highest BCUT2D eigenvalue weighted by molar-refractivity contribution is 8.00. The third-order valence-corrected chi connectivity index (χ3v) is 3.52. The number of ether oxygens (including phenoxy) is 1. The van der Waals surface area contributed by atoms with Gasteiger partial charge in [0.2, 0.25) is 0 Å². The topological polar surface area (TPSA) is 44.1 Å². The van der Waals surface area contributed by atoms with Crippen molar-refractivity contribution in [2.24, 2.45) is 0 Å². The average Bonchev–Trinajstić information content (AvgIpc) is 2.86. The molecular weight excluding hydrogens is 248 g/mol. The number of benzene rings is 1. The molecule has 1 aromatic heterocycles. The Morgan fingerprint density at radius 3 is 2.78 bits per heavy atom. The summed E-state index contributed by atoms with van der Waals surface area (Å²) in [6, 6.07) is 9.88. The van der Waals surface area contributed by atoms with Crippen LogP contribution in [-0.4, -0.2) is 27.9 Å². The van der Waals surface area contributed by atoms with E-state index in [1.165, 1.54) is 18.9 Å². The van der Waals surface area contributed by atoms with Crippen LogP contribution in [0.2, 0.25) is 0 Å². The summed E-state index contributed by atoms with van der Waals surface area (Å²) in [5, 5.41) is 0.499. The number of aromatic nitrogens is 2. The Bertz CT molecular complexity index is 525. The maximum Gasteiger partial charge on any atom is 0.318 e. The maximum atomic E-state index is 11.4. The smallest absolute Gasteiger partial charge is 0.318 e. The summed E-state index contributed by atoms with van der Waals surface area (Å²) < 4.78 is 6.66. The summed E-state index contributed by atoms with van der Waals surface area (Å²) in [5.74, 6) is -0.248. The number of carbonyl (C=O) groups excluding carboxylic acids is 1. The number of para-hydroxylation sites is 1. The van der Waals surface area contributed by atoms with Gasteiger partial charge in [0.15, 0.2) is 5.16 Å². The van der Waals surface area contributed by atoms with E-state index in [0.29, 0.717) is 0 Å². The van der Waals surface area contributed by atoms with E-state index >= 15 is 0 Å². The highest BCUT2D eigenvalue weighted by Gasteiger charge is 2.17. The van der Waals surface area contributed by atoms with Gasteiger partial charge in [0.05, 0.1) is 7.11 Å². The van der Waals surface area contributed by atoms with Gasteiger partial charge in [-0.3, -0.25) is 9.36 Å². The molecule has 0 radical (unpaired) electrons. The third-order valence-electron chi connectivity index (χ3n) is 2.46. The first-order valence-electron chi connectivity index (χ1n) is 5.55. The lowest BCUT2D eigenvalue weighted by Gasteiger charge is -2.10. The van der Waals surface area contributed by atoms with Crippen LogP contribution in [0.4, 0.5) is 0 Å². The van der Waals surface area contributed by atoms with Crippen molar-refractivity contribution in [1.29, 1.82) is 0 Å². The molecule has 0 N–H and O–H groups in total. The predicted octanol–water partition coefficient (Wildman–Crippen LogP) is 2.53. The second kappa shape index (κ2) is 5.73. The molecule has 1 unspecified atom stereocenters. The zero-order chi connectivity index (χ0) is 13.0. The molecule has 0 spiro atoms. The van der Waals surface area contributed by atoms with Gasteiger partial charge in [0, 0.05) is 18.1 Å². The second-order valence-electron chi connectivity index (χ2n) is 3.70. The highest BCUT2D eigenvalue weighted by atomic mass is 32.2. The molecular formula is C13H14N2O2S. The summed E-state index contributed by atoms with van der Waals surface area (Å²) in [4.78, 5) is 15.7. The van der Waals surface area contributed by atoms with Crippen molar-refractivity contribution in [2.75, 3.05) is 7.11 Å². The fourth-order valence-corrected chi connectivity index (χ4v) is 2.44. The second-order valence-corrected chi connectivity index (χ2v) is 5.01. The van der Waals surface area contributed by atoms with E-state index in [4.69, 9.17) is 4.74 Å². The van der Waals surface area contributed by atoms with Gasteiger partial charge in [0.1, 0.15) is 5.25 Å². The number of imidazole rings is 1. The van der Waals surface area contributed by atoms with Crippen molar-refractivity contribution < 1.29 is 9.53 Å². The van der Waals surface area contributed by atoms with Gasteiger partial charge < -0.3 is 4.74 Å². The van der Waals surface area contributed by atoms with Gasteiger partial charge in [-0.15, -0.1) is 0 Å². The molecule has 1 aromatic carbocycles. The number of hydrogen-bond donors (Lipinski definition) is 0. The zero-order valence-electron chi connectivity index (χ0n) is 10.2. The molecule has 0 fully saturated rings. The molecule has 2 aromatic rings. The fraction of sp³-hybridized carbons (Fsp3) is 0.231. The van der Waals surface area contributed by atoms with Crippen LogP contribution in [0.5, 0.6) is 0 Å². The third kappa shape index (κ3) is 2.73. The van der Waals surface area contributed by atoms with E-state index in [-0.39, 0.29) is 11.2 Å². The van der Waals surface area contributed by atoms with E-state index in [0.717, 1.165) is 10.8 Å². The minimum Gasteiger partial charge on any atom is -0.468 e. The zero-order valence-corrected chi connectivity index (χ0v) is 11.1. The largest absolute Gasteiger partial charge is 0.468 e. The Kier molecular flexibility index (Phi) is 4.04. The van der Waals surface area contributed by atoms with Crippen LogP contribution in [0, 0.1) is 0 Å². The lowest BCUT2D eigenvalue weighted by atomic mass is 10.3. The fourth-order valence-electron chi connectivity index (χ4n) is 1.53. The quantitative estimate of drug-likeness (QED) is 0.627. The number of nitrogens with zero attached hydrogens (tertiary/aromatic N) is 2. The van der Waals surface area contributed by atoms with E-state index in [2.05, 4.69) is 4.98 Å². The normalized spacial score (nSPS) is 12.1. The summed E-state index contributed by atoms with van der Waals surface area (Å²) in [7, 11) is 1.39. The average molecular weight is 262 g/mol. The monoisotopic (exact) mass is 262 g/mol. The first kappa shape index (κ1) is 12.7. The number of carbonyl (C=O) groups is 1. The Labute approximate surface area is 110 Å². The molecule has 5 heteroatoms. The summed E-state index contributed by atoms with van der Waals surface area (Å²) in [6.07, 6.45) is 3.60. The molecule has 2 rings (SSSR count). The number of esters is 1. The highest BCUT2D eigenvalue weighted by Crippen LogP contribution is 2.24. The van der Waals surface area contributed by atoms with Crippen LogP contribution in [-0.2, 0) is 9.53 Å². The van der Waals surface area contributed by atoms with Crippen LogP contribution in [0.15, 0.2) is 47.9 Å².